The van der Waals surface area contributed by atoms with Crippen molar-refractivity contribution in [3.05, 3.63) is 0 Å². The average molecular weight is 398 g/mol. The van der Waals surface area contributed by atoms with Gasteiger partial charge in [0, 0.05) is 26.7 Å². The number of aliphatic imine (C=N–C) groups is 1. The summed E-state index contributed by atoms with van der Waals surface area (Å²) < 4.78 is 0. The molecule has 0 heterocycles. The number of halogens is 1. The fourth-order valence-corrected chi connectivity index (χ4v) is 2.01. The number of hydrogen-bond acceptors (Lipinski definition) is 2. The van der Waals surface area contributed by atoms with Gasteiger partial charge in [0.15, 0.2) is 5.96 Å². The number of nitrogens with one attached hydrogen (secondary N) is 1. The predicted octanol–water partition coefficient (Wildman–Crippen LogP) is 3.03. The molecule has 122 valence electrons. The fraction of sp³-hybridized carbons (Fsp3) is 0.933. The quantitative estimate of drug-likeness (QED) is 0.349. The van der Waals surface area contributed by atoms with E-state index < -0.39 is 0 Å². The van der Waals surface area contributed by atoms with Gasteiger partial charge in [-0.25, -0.2) is 0 Å². The maximum absolute atomic E-state index is 4.73. The number of hydrogen-bond donors (Lipinski definition) is 1. The summed E-state index contributed by atoms with van der Waals surface area (Å²) in [6.45, 7) is 15.0. The lowest BCUT2D eigenvalue weighted by Gasteiger charge is -2.23. The zero-order chi connectivity index (χ0) is 14.5. The smallest absolute Gasteiger partial charge is 0.193 e. The van der Waals surface area contributed by atoms with Crippen LogP contribution in [-0.4, -0.2) is 62.1 Å². The van der Waals surface area contributed by atoms with E-state index in [2.05, 4.69) is 49.9 Å². The molecule has 0 aliphatic carbocycles. The van der Waals surface area contributed by atoms with E-state index in [0.29, 0.717) is 0 Å². The van der Waals surface area contributed by atoms with Gasteiger partial charge < -0.3 is 15.1 Å². The Labute approximate surface area is 143 Å². The standard InChI is InChI=1S/C15H34N4.HI/c1-6-10-13-18(5)15(16-8-3)17-11-14-19(9-4)12-7-2;/h6-14H2,1-5H3,(H,16,17);1H. The minimum atomic E-state index is 0. The van der Waals surface area contributed by atoms with E-state index in [1.807, 2.05) is 0 Å². The normalized spacial score (nSPS) is 11.4. The summed E-state index contributed by atoms with van der Waals surface area (Å²) in [4.78, 5) is 9.42. The molecule has 0 spiro atoms. The summed E-state index contributed by atoms with van der Waals surface area (Å²) in [5.74, 6) is 1.04. The van der Waals surface area contributed by atoms with Gasteiger partial charge in [0.1, 0.15) is 0 Å². The molecule has 0 aliphatic heterocycles. The minimum Gasteiger partial charge on any atom is -0.357 e. The minimum absolute atomic E-state index is 0. The predicted molar refractivity (Wildman–Crippen MR) is 101 cm³/mol. The van der Waals surface area contributed by atoms with Crippen LogP contribution in [0.1, 0.15) is 47.0 Å². The second-order valence-corrected chi connectivity index (χ2v) is 4.95. The van der Waals surface area contributed by atoms with Gasteiger partial charge in [-0.1, -0.05) is 27.2 Å². The molecule has 0 fully saturated rings. The summed E-state index contributed by atoms with van der Waals surface area (Å²) in [5.41, 5.74) is 0. The van der Waals surface area contributed by atoms with Crippen molar-refractivity contribution in [3.63, 3.8) is 0 Å². The summed E-state index contributed by atoms with van der Waals surface area (Å²) in [6, 6.07) is 0. The first-order valence-electron chi connectivity index (χ1n) is 7.91. The summed E-state index contributed by atoms with van der Waals surface area (Å²) in [7, 11) is 2.13. The molecule has 0 bridgehead atoms. The van der Waals surface area contributed by atoms with Gasteiger partial charge in [-0.05, 0) is 32.9 Å². The van der Waals surface area contributed by atoms with Crippen molar-refractivity contribution in [1.82, 2.24) is 15.1 Å². The Morgan fingerprint density at radius 2 is 1.70 bits per heavy atom. The van der Waals surface area contributed by atoms with E-state index in [0.717, 1.165) is 38.7 Å². The molecule has 4 nitrogen and oxygen atoms in total. The maximum atomic E-state index is 4.73. The van der Waals surface area contributed by atoms with Crippen LogP contribution in [0.25, 0.3) is 0 Å². The molecule has 20 heavy (non-hydrogen) atoms. The zero-order valence-electron chi connectivity index (χ0n) is 14.1. The van der Waals surface area contributed by atoms with Crippen LogP contribution in [0.4, 0.5) is 0 Å². The molecule has 0 rings (SSSR count). The van der Waals surface area contributed by atoms with Gasteiger partial charge in [0.05, 0.1) is 6.54 Å². The van der Waals surface area contributed by atoms with Gasteiger partial charge >= 0.3 is 0 Å². The van der Waals surface area contributed by atoms with E-state index in [1.165, 1.54) is 25.8 Å². The summed E-state index contributed by atoms with van der Waals surface area (Å²) in [5, 5.41) is 3.37. The Balaban J connectivity index is 0. The molecular formula is C15H35IN4. The molecule has 5 heteroatoms. The Hall–Kier alpha value is -0.0400. The van der Waals surface area contributed by atoms with E-state index >= 15 is 0 Å². The molecule has 0 saturated heterocycles. The molecule has 1 N–H and O–H groups in total. The second kappa shape index (κ2) is 15.4. The van der Waals surface area contributed by atoms with E-state index in [9.17, 15) is 0 Å². The summed E-state index contributed by atoms with van der Waals surface area (Å²) in [6.07, 6.45) is 3.66. The van der Waals surface area contributed by atoms with Crippen LogP contribution in [-0.2, 0) is 0 Å². The maximum Gasteiger partial charge on any atom is 0.193 e. The summed E-state index contributed by atoms with van der Waals surface area (Å²) >= 11 is 0. The van der Waals surface area contributed by atoms with Crippen molar-refractivity contribution in [2.24, 2.45) is 4.99 Å². The van der Waals surface area contributed by atoms with E-state index in [1.54, 1.807) is 0 Å². The lowest BCUT2D eigenvalue weighted by atomic mass is 10.3. The van der Waals surface area contributed by atoms with Crippen molar-refractivity contribution in [2.75, 3.05) is 46.3 Å². The first-order valence-corrected chi connectivity index (χ1v) is 7.91. The number of rotatable bonds is 10. The lowest BCUT2D eigenvalue weighted by Crippen LogP contribution is -2.40. The fourth-order valence-electron chi connectivity index (χ4n) is 2.01. The largest absolute Gasteiger partial charge is 0.357 e. The third-order valence-corrected chi connectivity index (χ3v) is 3.21. The van der Waals surface area contributed by atoms with Crippen LogP contribution in [0.3, 0.4) is 0 Å². The monoisotopic (exact) mass is 398 g/mol. The van der Waals surface area contributed by atoms with Crippen LogP contribution < -0.4 is 5.32 Å². The molecule has 0 radical (unpaired) electrons. The Morgan fingerprint density at radius 1 is 1.00 bits per heavy atom. The van der Waals surface area contributed by atoms with Gasteiger partial charge in [-0.3, -0.25) is 4.99 Å². The molecule has 0 atom stereocenters. The van der Waals surface area contributed by atoms with Gasteiger partial charge in [0.25, 0.3) is 0 Å². The van der Waals surface area contributed by atoms with Crippen LogP contribution in [0.5, 0.6) is 0 Å². The average Bonchev–Trinajstić information content (AvgIpc) is 2.42. The van der Waals surface area contributed by atoms with Crippen molar-refractivity contribution in [2.45, 2.75) is 47.0 Å². The second-order valence-electron chi connectivity index (χ2n) is 4.95. The van der Waals surface area contributed by atoms with Gasteiger partial charge in [-0.2, -0.15) is 0 Å². The number of unbranched alkanes of at least 4 members (excludes halogenated alkanes) is 1. The number of guanidine groups is 1. The number of likely N-dealkylation sites (N-methyl/N-ethyl adjacent to an activating group) is 1. The molecule has 0 aromatic carbocycles. The highest BCUT2D eigenvalue weighted by atomic mass is 127. The van der Waals surface area contributed by atoms with Crippen molar-refractivity contribution >= 4 is 29.9 Å². The van der Waals surface area contributed by atoms with Gasteiger partial charge in [0.2, 0.25) is 0 Å². The SMILES string of the molecule is CCCCN(C)C(=NCCN(CC)CCC)NCC.I. The molecular weight excluding hydrogens is 363 g/mol. The lowest BCUT2D eigenvalue weighted by molar-refractivity contribution is 0.296. The van der Waals surface area contributed by atoms with Crippen LogP contribution >= 0.6 is 24.0 Å². The Bertz CT molecular complexity index is 234. The molecule has 0 unspecified atom stereocenters. The third kappa shape index (κ3) is 10.7. The third-order valence-electron chi connectivity index (χ3n) is 3.21. The van der Waals surface area contributed by atoms with Gasteiger partial charge in [-0.15, -0.1) is 24.0 Å². The van der Waals surface area contributed by atoms with E-state index in [4.69, 9.17) is 4.99 Å². The molecule has 0 aliphatic rings. The van der Waals surface area contributed by atoms with Crippen molar-refractivity contribution in [1.29, 1.82) is 0 Å². The topological polar surface area (TPSA) is 30.9 Å². The Morgan fingerprint density at radius 3 is 2.20 bits per heavy atom. The van der Waals surface area contributed by atoms with Crippen LogP contribution in [0, 0.1) is 0 Å². The molecule has 0 amide bonds. The van der Waals surface area contributed by atoms with Crippen LogP contribution in [0.15, 0.2) is 4.99 Å². The van der Waals surface area contributed by atoms with Crippen LogP contribution in [0.2, 0.25) is 0 Å². The Kier molecular flexibility index (Phi) is 17.1. The highest BCUT2D eigenvalue weighted by Crippen LogP contribution is 1.95. The molecule has 0 saturated carbocycles. The van der Waals surface area contributed by atoms with Crippen molar-refractivity contribution in [3.8, 4) is 0 Å². The molecule has 0 aromatic heterocycles. The van der Waals surface area contributed by atoms with Crippen molar-refractivity contribution < 1.29 is 0 Å². The zero-order valence-corrected chi connectivity index (χ0v) is 16.4. The first-order chi connectivity index (χ1) is 9.19. The molecule has 0 aromatic rings. The highest BCUT2D eigenvalue weighted by molar-refractivity contribution is 14.0. The number of nitrogens with zero attached hydrogens (tertiary/aromatic N) is 3. The first kappa shape index (κ1) is 22.2. The highest BCUT2D eigenvalue weighted by Gasteiger charge is 2.05. The van der Waals surface area contributed by atoms with E-state index in [-0.39, 0.29) is 24.0 Å².